The van der Waals surface area contributed by atoms with Crippen LogP contribution < -0.4 is 5.32 Å². The molecule has 3 heteroatoms. The highest BCUT2D eigenvalue weighted by Gasteiger charge is 2.21. The Hall–Kier alpha value is -0.120. The van der Waals surface area contributed by atoms with Crippen molar-refractivity contribution >= 4 is 0 Å². The van der Waals surface area contributed by atoms with E-state index in [2.05, 4.69) is 5.32 Å². The van der Waals surface area contributed by atoms with Crippen molar-refractivity contribution in [3.05, 3.63) is 0 Å². The van der Waals surface area contributed by atoms with Crippen LogP contribution in [-0.2, 0) is 0 Å². The van der Waals surface area contributed by atoms with E-state index in [1.807, 2.05) is 0 Å². The number of nitrogens with one attached hydrogen (secondary N) is 1. The molecular formula is C6H13NO2. The molecule has 9 heavy (non-hydrogen) atoms. The van der Waals surface area contributed by atoms with Crippen LogP contribution in [0.5, 0.6) is 0 Å². The van der Waals surface area contributed by atoms with Crippen LogP contribution in [0.15, 0.2) is 0 Å². The zero-order valence-corrected chi connectivity index (χ0v) is 5.38. The Morgan fingerprint density at radius 2 is 2.33 bits per heavy atom. The van der Waals surface area contributed by atoms with E-state index in [-0.39, 0.29) is 18.6 Å². The summed E-state index contributed by atoms with van der Waals surface area (Å²) in [5.41, 5.74) is 0. The fourth-order valence-corrected chi connectivity index (χ4v) is 1.10. The van der Waals surface area contributed by atoms with E-state index in [9.17, 15) is 0 Å². The van der Waals surface area contributed by atoms with Crippen LogP contribution in [0.1, 0.15) is 6.42 Å². The average molecular weight is 131 g/mol. The molecule has 1 saturated heterocycles. The van der Waals surface area contributed by atoms with Crippen molar-refractivity contribution in [3.63, 3.8) is 0 Å². The maximum Gasteiger partial charge on any atom is 0.0614 e. The lowest BCUT2D eigenvalue weighted by Crippen LogP contribution is -2.41. The third-order valence-electron chi connectivity index (χ3n) is 1.80. The summed E-state index contributed by atoms with van der Waals surface area (Å²) in [5, 5.41) is 20.9. The van der Waals surface area contributed by atoms with Gasteiger partial charge in [-0.3, -0.25) is 0 Å². The number of aliphatic hydroxyl groups excluding tert-OH is 2. The molecule has 1 heterocycles. The molecule has 3 N–H and O–H groups in total. The first-order valence-corrected chi connectivity index (χ1v) is 3.34. The van der Waals surface area contributed by atoms with Gasteiger partial charge >= 0.3 is 0 Å². The number of hydrogen-bond donors (Lipinski definition) is 3. The molecule has 54 valence electrons. The number of aliphatic hydroxyl groups is 2. The van der Waals surface area contributed by atoms with E-state index < -0.39 is 0 Å². The Bertz CT molecular complexity index is 87.1. The standard InChI is InChI=1S/C6H13NO2/c8-4-5-3-7-2-1-6(5)9/h5-9H,1-4H2/t5-,6+/m1/s1. The second-order valence-electron chi connectivity index (χ2n) is 2.50. The van der Waals surface area contributed by atoms with Crippen LogP contribution in [0.25, 0.3) is 0 Å². The van der Waals surface area contributed by atoms with Crippen molar-refractivity contribution < 1.29 is 10.2 Å². The fourth-order valence-electron chi connectivity index (χ4n) is 1.10. The highest BCUT2D eigenvalue weighted by Crippen LogP contribution is 2.09. The minimum absolute atomic E-state index is 0.0544. The molecule has 1 aliphatic heterocycles. The van der Waals surface area contributed by atoms with Crippen molar-refractivity contribution in [3.8, 4) is 0 Å². The number of piperidine rings is 1. The van der Waals surface area contributed by atoms with Crippen molar-refractivity contribution in [2.45, 2.75) is 12.5 Å². The second-order valence-corrected chi connectivity index (χ2v) is 2.50. The molecule has 1 rings (SSSR count). The zero-order valence-electron chi connectivity index (χ0n) is 5.38. The minimum Gasteiger partial charge on any atom is -0.396 e. The molecule has 0 saturated carbocycles. The second kappa shape index (κ2) is 3.15. The normalized spacial score (nSPS) is 36.7. The average Bonchev–Trinajstić information content (AvgIpc) is 1.89. The maximum absolute atomic E-state index is 9.17. The van der Waals surface area contributed by atoms with Gasteiger partial charge in [-0.25, -0.2) is 0 Å². The van der Waals surface area contributed by atoms with E-state index in [0.717, 1.165) is 19.5 Å². The van der Waals surface area contributed by atoms with E-state index in [0.29, 0.717) is 0 Å². The van der Waals surface area contributed by atoms with Crippen LogP contribution in [-0.4, -0.2) is 36.0 Å². The molecule has 1 fully saturated rings. The molecule has 0 aliphatic carbocycles. The summed E-state index contributed by atoms with van der Waals surface area (Å²) in [4.78, 5) is 0. The van der Waals surface area contributed by atoms with Crippen molar-refractivity contribution in [2.75, 3.05) is 19.7 Å². The van der Waals surface area contributed by atoms with Gasteiger partial charge in [-0.1, -0.05) is 0 Å². The van der Waals surface area contributed by atoms with Crippen LogP contribution in [0, 0.1) is 5.92 Å². The van der Waals surface area contributed by atoms with Crippen LogP contribution >= 0.6 is 0 Å². The van der Waals surface area contributed by atoms with E-state index >= 15 is 0 Å². The van der Waals surface area contributed by atoms with E-state index in [1.54, 1.807) is 0 Å². The molecule has 0 unspecified atom stereocenters. The molecule has 0 amide bonds. The Kier molecular flexibility index (Phi) is 2.45. The Balaban J connectivity index is 2.30. The summed E-state index contributed by atoms with van der Waals surface area (Å²) in [6.45, 7) is 1.71. The Morgan fingerprint density at radius 3 is 2.78 bits per heavy atom. The van der Waals surface area contributed by atoms with Crippen molar-refractivity contribution in [1.82, 2.24) is 5.32 Å². The van der Waals surface area contributed by atoms with E-state index in [4.69, 9.17) is 10.2 Å². The van der Waals surface area contributed by atoms with Gasteiger partial charge in [0.1, 0.15) is 0 Å². The quantitative estimate of drug-likeness (QED) is 0.425. The summed E-state index contributed by atoms with van der Waals surface area (Å²) in [5.74, 6) is 0.0544. The first-order valence-electron chi connectivity index (χ1n) is 3.34. The molecule has 0 spiro atoms. The number of rotatable bonds is 1. The van der Waals surface area contributed by atoms with Gasteiger partial charge in [0.25, 0.3) is 0 Å². The molecule has 0 bridgehead atoms. The molecule has 2 atom stereocenters. The summed E-state index contributed by atoms with van der Waals surface area (Å²) in [6.07, 6.45) is 0.474. The predicted molar refractivity (Wildman–Crippen MR) is 34.1 cm³/mol. The molecular weight excluding hydrogens is 118 g/mol. The van der Waals surface area contributed by atoms with Crippen molar-refractivity contribution in [1.29, 1.82) is 0 Å². The third-order valence-corrected chi connectivity index (χ3v) is 1.80. The van der Waals surface area contributed by atoms with Gasteiger partial charge in [-0.05, 0) is 13.0 Å². The van der Waals surface area contributed by atoms with Crippen LogP contribution in [0.3, 0.4) is 0 Å². The third kappa shape index (κ3) is 1.64. The Labute approximate surface area is 54.7 Å². The SMILES string of the molecule is OC[C@H]1CNCC[C@@H]1O. The monoisotopic (exact) mass is 131 g/mol. The molecule has 3 nitrogen and oxygen atoms in total. The lowest BCUT2D eigenvalue weighted by Gasteiger charge is -2.26. The Morgan fingerprint density at radius 1 is 1.56 bits per heavy atom. The summed E-state index contributed by atoms with van der Waals surface area (Å²) in [6, 6.07) is 0. The van der Waals surface area contributed by atoms with Crippen molar-refractivity contribution in [2.24, 2.45) is 5.92 Å². The molecule has 0 aromatic carbocycles. The van der Waals surface area contributed by atoms with E-state index in [1.165, 1.54) is 0 Å². The first kappa shape index (κ1) is 6.99. The lowest BCUT2D eigenvalue weighted by molar-refractivity contribution is 0.0447. The molecule has 1 aliphatic rings. The topological polar surface area (TPSA) is 52.5 Å². The summed E-state index contributed by atoms with van der Waals surface area (Å²) < 4.78 is 0. The van der Waals surface area contributed by atoms with Gasteiger partial charge in [0, 0.05) is 19.1 Å². The highest BCUT2D eigenvalue weighted by molar-refractivity contribution is 4.75. The van der Waals surface area contributed by atoms with Gasteiger partial charge in [0.05, 0.1) is 6.10 Å². The van der Waals surface area contributed by atoms with Gasteiger partial charge in [-0.15, -0.1) is 0 Å². The van der Waals surface area contributed by atoms with Gasteiger partial charge in [0.2, 0.25) is 0 Å². The molecule has 0 aromatic heterocycles. The largest absolute Gasteiger partial charge is 0.396 e. The first-order chi connectivity index (χ1) is 4.34. The highest BCUT2D eigenvalue weighted by atomic mass is 16.3. The maximum atomic E-state index is 9.17. The smallest absolute Gasteiger partial charge is 0.0614 e. The summed E-state index contributed by atoms with van der Waals surface area (Å²) in [7, 11) is 0. The molecule has 0 radical (unpaired) electrons. The predicted octanol–water partition coefficient (Wildman–Crippen LogP) is -1.05. The lowest BCUT2D eigenvalue weighted by atomic mass is 9.97. The molecule has 0 aromatic rings. The van der Waals surface area contributed by atoms with Gasteiger partial charge in [-0.2, -0.15) is 0 Å². The van der Waals surface area contributed by atoms with Gasteiger partial charge in [0.15, 0.2) is 0 Å². The minimum atomic E-state index is -0.295. The number of hydrogen-bond acceptors (Lipinski definition) is 3. The fraction of sp³-hybridized carbons (Fsp3) is 1.00. The van der Waals surface area contributed by atoms with Crippen LogP contribution in [0.2, 0.25) is 0 Å². The van der Waals surface area contributed by atoms with Crippen LogP contribution in [0.4, 0.5) is 0 Å². The summed E-state index contributed by atoms with van der Waals surface area (Å²) >= 11 is 0. The zero-order chi connectivity index (χ0) is 6.69. The van der Waals surface area contributed by atoms with Gasteiger partial charge < -0.3 is 15.5 Å².